The molecule has 0 aliphatic rings. The minimum Gasteiger partial charge on any atom is -0.358 e. The Balaban J connectivity index is 2.71. The quantitative estimate of drug-likeness (QED) is 0.785. The fraction of sp³-hybridized carbons (Fsp3) is 0.467. The van der Waals surface area contributed by atoms with Gasteiger partial charge in [0.15, 0.2) is 0 Å². The fourth-order valence-electron chi connectivity index (χ4n) is 2.71. The van der Waals surface area contributed by atoms with Crippen LogP contribution < -0.4 is 0 Å². The zero-order valence-electron chi connectivity index (χ0n) is 10.8. The first-order chi connectivity index (χ1) is 7.67. The second kappa shape index (κ2) is 4.32. The molecule has 0 spiro atoms. The van der Waals surface area contributed by atoms with Crippen LogP contribution in [0.4, 0.5) is 0 Å². The molecule has 1 nitrogen and oxygen atoms in total. The predicted octanol–water partition coefficient (Wildman–Crippen LogP) is 4.30. The first-order valence-corrected chi connectivity index (χ1v) is 6.28. The first-order valence-electron chi connectivity index (χ1n) is 6.28. The highest BCUT2D eigenvalue weighted by atomic mass is 14.7. The number of fused-ring (bicyclic) bond motifs is 1. The Labute approximate surface area is 97.9 Å². The molecule has 0 amide bonds. The van der Waals surface area contributed by atoms with Crippen LogP contribution in [0, 0.1) is 13.8 Å². The van der Waals surface area contributed by atoms with Gasteiger partial charge in [0.2, 0.25) is 0 Å². The van der Waals surface area contributed by atoms with Crippen LogP contribution in [-0.2, 0) is 12.8 Å². The maximum Gasteiger partial charge on any atom is 0.0464 e. The highest BCUT2D eigenvalue weighted by Crippen LogP contribution is 2.28. The molecule has 0 aliphatic heterocycles. The van der Waals surface area contributed by atoms with Gasteiger partial charge in [-0.2, -0.15) is 0 Å². The molecule has 1 aromatic carbocycles. The van der Waals surface area contributed by atoms with Crippen molar-refractivity contribution in [3.63, 3.8) is 0 Å². The van der Waals surface area contributed by atoms with Gasteiger partial charge in [-0.15, -0.1) is 0 Å². The van der Waals surface area contributed by atoms with Crippen molar-refractivity contribution in [1.82, 2.24) is 4.98 Å². The first kappa shape index (κ1) is 11.3. The highest BCUT2D eigenvalue weighted by Gasteiger charge is 2.11. The molecular weight excluding hydrogens is 194 g/mol. The van der Waals surface area contributed by atoms with Crippen LogP contribution in [0.5, 0.6) is 0 Å². The minimum atomic E-state index is 1.12. The van der Waals surface area contributed by atoms with Gasteiger partial charge in [-0.3, -0.25) is 0 Å². The highest BCUT2D eigenvalue weighted by molar-refractivity contribution is 5.88. The van der Waals surface area contributed by atoms with E-state index in [0.717, 1.165) is 12.8 Å². The van der Waals surface area contributed by atoms with E-state index < -0.39 is 0 Å². The van der Waals surface area contributed by atoms with Crippen LogP contribution >= 0.6 is 0 Å². The monoisotopic (exact) mass is 215 g/mol. The van der Waals surface area contributed by atoms with Crippen LogP contribution in [0.3, 0.4) is 0 Å². The second-order valence-corrected chi connectivity index (χ2v) is 4.69. The van der Waals surface area contributed by atoms with Crippen LogP contribution in [0.25, 0.3) is 10.9 Å². The Morgan fingerprint density at radius 1 is 1.12 bits per heavy atom. The van der Waals surface area contributed by atoms with Gasteiger partial charge in [0.1, 0.15) is 0 Å². The van der Waals surface area contributed by atoms with E-state index in [1.54, 1.807) is 0 Å². The lowest BCUT2D eigenvalue weighted by Crippen LogP contribution is -1.89. The Morgan fingerprint density at radius 3 is 2.50 bits per heavy atom. The molecule has 86 valence electrons. The van der Waals surface area contributed by atoms with Gasteiger partial charge >= 0.3 is 0 Å². The third-order valence-corrected chi connectivity index (χ3v) is 3.29. The number of nitrogens with one attached hydrogen (secondary N) is 1. The summed E-state index contributed by atoms with van der Waals surface area (Å²) in [5.74, 6) is 0. The van der Waals surface area contributed by atoms with E-state index in [1.807, 2.05) is 0 Å². The second-order valence-electron chi connectivity index (χ2n) is 4.69. The predicted molar refractivity (Wildman–Crippen MR) is 71.1 cm³/mol. The van der Waals surface area contributed by atoms with Crippen molar-refractivity contribution in [2.24, 2.45) is 0 Å². The molecular formula is C15H21N. The van der Waals surface area contributed by atoms with Gasteiger partial charge in [0.05, 0.1) is 0 Å². The summed E-state index contributed by atoms with van der Waals surface area (Å²) in [4.78, 5) is 3.60. The lowest BCUT2D eigenvalue weighted by atomic mass is 10.0. The average Bonchev–Trinajstić information content (AvgIpc) is 2.56. The lowest BCUT2D eigenvalue weighted by molar-refractivity contribution is 0.877. The van der Waals surface area contributed by atoms with E-state index in [1.165, 1.54) is 39.7 Å². The molecule has 16 heavy (non-hydrogen) atoms. The summed E-state index contributed by atoms with van der Waals surface area (Å²) < 4.78 is 0. The summed E-state index contributed by atoms with van der Waals surface area (Å²) in [7, 11) is 0. The number of hydrogen-bond acceptors (Lipinski definition) is 0. The van der Waals surface area contributed by atoms with Crippen molar-refractivity contribution < 1.29 is 0 Å². The van der Waals surface area contributed by atoms with Gasteiger partial charge in [-0.25, -0.2) is 0 Å². The molecule has 0 radical (unpaired) electrons. The summed E-state index contributed by atoms with van der Waals surface area (Å²) >= 11 is 0. The fourth-order valence-corrected chi connectivity index (χ4v) is 2.71. The smallest absolute Gasteiger partial charge is 0.0464 e. The Bertz CT molecular complexity index is 506. The minimum absolute atomic E-state index is 1.12. The largest absolute Gasteiger partial charge is 0.358 e. The summed E-state index contributed by atoms with van der Waals surface area (Å²) in [5.41, 5.74) is 7.03. The Morgan fingerprint density at radius 2 is 1.88 bits per heavy atom. The van der Waals surface area contributed by atoms with E-state index in [0.29, 0.717) is 0 Å². The molecule has 0 atom stereocenters. The van der Waals surface area contributed by atoms with Crippen molar-refractivity contribution in [3.8, 4) is 0 Å². The molecule has 0 saturated heterocycles. The lowest BCUT2D eigenvalue weighted by Gasteiger charge is -2.02. The third-order valence-electron chi connectivity index (χ3n) is 3.29. The molecule has 1 aromatic heterocycles. The molecule has 2 rings (SSSR count). The zero-order valence-corrected chi connectivity index (χ0v) is 10.8. The summed E-state index contributed by atoms with van der Waals surface area (Å²) in [5, 5.41) is 1.46. The van der Waals surface area contributed by atoms with Crippen molar-refractivity contribution in [1.29, 1.82) is 0 Å². The summed E-state index contributed by atoms with van der Waals surface area (Å²) in [6, 6.07) is 4.55. The van der Waals surface area contributed by atoms with E-state index in [9.17, 15) is 0 Å². The molecule has 0 aliphatic carbocycles. The SMILES string of the molecule is CCCc1[nH]c2cc(C)cc(C)c2c1CC. The van der Waals surface area contributed by atoms with Crippen LogP contribution in [0.1, 0.15) is 42.7 Å². The van der Waals surface area contributed by atoms with Gasteiger partial charge < -0.3 is 4.98 Å². The molecule has 0 unspecified atom stereocenters. The molecule has 1 heterocycles. The number of aromatic amines is 1. The third kappa shape index (κ3) is 1.75. The van der Waals surface area contributed by atoms with Crippen LogP contribution in [-0.4, -0.2) is 4.98 Å². The van der Waals surface area contributed by atoms with E-state index in [-0.39, 0.29) is 0 Å². The molecule has 2 aromatic rings. The normalized spacial score (nSPS) is 11.2. The average molecular weight is 215 g/mol. The number of aryl methyl sites for hydroxylation is 4. The summed E-state index contributed by atoms with van der Waals surface area (Å²) in [6.07, 6.45) is 3.49. The number of H-pyrrole nitrogens is 1. The molecule has 1 N–H and O–H groups in total. The number of benzene rings is 1. The van der Waals surface area contributed by atoms with Crippen molar-refractivity contribution in [3.05, 3.63) is 34.5 Å². The molecule has 0 bridgehead atoms. The van der Waals surface area contributed by atoms with Crippen molar-refractivity contribution >= 4 is 10.9 Å². The van der Waals surface area contributed by atoms with E-state index >= 15 is 0 Å². The maximum absolute atomic E-state index is 3.60. The number of rotatable bonds is 3. The Kier molecular flexibility index (Phi) is 3.04. The maximum atomic E-state index is 3.60. The van der Waals surface area contributed by atoms with Crippen LogP contribution in [0.15, 0.2) is 12.1 Å². The molecule has 0 saturated carbocycles. The van der Waals surface area contributed by atoms with Gasteiger partial charge in [0, 0.05) is 16.6 Å². The number of hydrogen-bond donors (Lipinski definition) is 1. The topological polar surface area (TPSA) is 15.8 Å². The van der Waals surface area contributed by atoms with Crippen LogP contribution in [0.2, 0.25) is 0 Å². The number of aromatic nitrogens is 1. The van der Waals surface area contributed by atoms with Gasteiger partial charge in [0.25, 0.3) is 0 Å². The van der Waals surface area contributed by atoms with E-state index in [4.69, 9.17) is 0 Å². The molecule has 0 fully saturated rings. The van der Waals surface area contributed by atoms with E-state index in [2.05, 4.69) is 44.8 Å². The summed E-state index contributed by atoms with van der Waals surface area (Å²) in [6.45, 7) is 8.88. The Hall–Kier alpha value is -1.24. The van der Waals surface area contributed by atoms with Gasteiger partial charge in [-0.05, 0) is 49.4 Å². The molecule has 1 heteroatoms. The van der Waals surface area contributed by atoms with Gasteiger partial charge in [-0.1, -0.05) is 26.3 Å². The zero-order chi connectivity index (χ0) is 11.7. The van der Waals surface area contributed by atoms with Crippen molar-refractivity contribution in [2.45, 2.75) is 47.0 Å². The van der Waals surface area contributed by atoms with Crippen molar-refractivity contribution in [2.75, 3.05) is 0 Å². The standard InChI is InChI=1S/C15H21N/c1-5-7-13-12(6-2)15-11(4)8-10(3)9-14(15)16-13/h8-9,16H,5-7H2,1-4H3.